The third-order valence-electron chi connectivity index (χ3n) is 4.53. The molecular formula is C23H18O6. The Labute approximate surface area is 166 Å². The minimum Gasteiger partial charge on any atom is -0.504 e. The molecule has 0 fully saturated rings. The summed E-state index contributed by atoms with van der Waals surface area (Å²) in [6, 6.07) is 18.8. The van der Waals surface area contributed by atoms with E-state index in [1.807, 2.05) is 18.2 Å². The molecule has 2 N–H and O–H groups in total. The standard InChI is InChI=1S/C23H18O6/c1-27-16-9-7-14(8-10-16)13-28-23-18(25)12-20-21(22(23)26)17(24)11-19(29-20)15-5-3-2-4-6-15/h2-12,25-26H,13H2,1H3. The molecule has 4 rings (SSSR count). The lowest BCUT2D eigenvalue weighted by molar-refractivity contribution is 0.274. The average Bonchev–Trinajstić information content (AvgIpc) is 2.74. The molecule has 146 valence electrons. The molecule has 0 radical (unpaired) electrons. The zero-order valence-corrected chi connectivity index (χ0v) is 15.6. The molecule has 4 aromatic rings. The van der Waals surface area contributed by atoms with Crippen molar-refractivity contribution in [2.45, 2.75) is 6.61 Å². The number of hydrogen-bond donors (Lipinski definition) is 2. The molecule has 1 heterocycles. The van der Waals surface area contributed by atoms with Crippen LogP contribution in [0.2, 0.25) is 0 Å². The molecule has 0 aliphatic rings. The van der Waals surface area contributed by atoms with E-state index in [-0.39, 0.29) is 29.1 Å². The van der Waals surface area contributed by atoms with Crippen molar-refractivity contribution in [1.29, 1.82) is 0 Å². The Morgan fingerprint density at radius 2 is 1.69 bits per heavy atom. The van der Waals surface area contributed by atoms with Gasteiger partial charge in [0.1, 0.15) is 29.1 Å². The molecule has 1 aromatic heterocycles. The first kappa shape index (κ1) is 18.4. The van der Waals surface area contributed by atoms with Crippen LogP contribution >= 0.6 is 0 Å². The molecule has 0 saturated heterocycles. The van der Waals surface area contributed by atoms with Crippen LogP contribution in [0, 0.1) is 0 Å². The first-order chi connectivity index (χ1) is 14.1. The largest absolute Gasteiger partial charge is 0.504 e. The second-order valence-corrected chi connectivity index (χ2v) is 6.42. The Hall–Kier alpha value is -3.93. The summed E-state index contributed by atoms with van der Waals surface area (Å²) in [4.78, 5) is 12.6. The van der Waals surface area contributed by atoms with Gasteiger partial charge in [0, 0.05) is 17.7 Å². The molecule has 3 aromatic carbocycles. The maximum atomic E-state index is 12.6. The third kappa shape index (κ3) is 3.60. The normalized spacial score (nSPS) is 10.8. The lowest BCUT2D eigenvalue weighted by Gasteiger charge is -2.12. The quantitative estimate of drug-likeness (QED) is 0.523. The van der Waals surface area contributed by atoms with Gasteiger partial charge in [0.25, 0.3) is 0 Å². The molecule has 29 heavy (non-hydrogen) atoms. The first-order valence-electron chi connectivity index (χ1n) is 8.91. The van der Waals surface area contributed by atoms with Crippen molar-refractivity contribution in [3.63, 3.8) is 0 Å². The summed E-state index contributed by atoms with van der Waals surface area (Å²) in [6.45, 7) is 0.0874. The smallest absolute Gasteiger partial charge is 0.204 e. The molecule has 0 amide bonds. The van der Waals surface area contributed by atoms with E-state index in [9.17, 15) is 15.0 Å². The Bertz CT molecular complexity index is 1210. The number of rotatable bonds is 5. The summed E-state index contributed by atoms with van der Waals surface area (Å²) in [7, 11) is 1.57. The minimum atomic E-state index is -0.457. The van der Waals surface area contributed by atoms with E-state index in [1.54, 1.807) is 43.5 Å². The number of phenolic OH excluding ortho intramolecular Hbond substituents is 2. The van der Waals surface area contributed by atoms with Crippen LogP contribution in [0.1, 0.15) is 5.56 Å². The molecular weight excluding hydrogens is 372 g/mol. The number of benzene rings is 3. The molecule has 6 nitrogen and oxygen atoms in total. The SMILES string of the molecule is COc1ccc(COc2c(O)cc3oc(-c4ccccc4)cc(=O)c3c2O)cc1. The molecule has 0 unspecified atom stereocenters. The van der Waals surface area contributed by atoms with Crippen molar-refractivity contribution in [2.24, 2.45) is 0 Å². The summed E-state index contributed by atoms with van der Waals surface area (Å²) in [6.07, 6.45) is 0. The molecule has 0 saturated carbocycles. The van der Waals surface area contributed by atoms with Crippen LogP contribution in [0.25, 0.3) is 22.3 Å². The fourth-order valence-electron chi connectivity index (χ4n) is 3.04. The van der Waals surface area contributed by atoms with Gasteiger partial charge >= 0.3 is 0 Å². The topological polar surface area (TPSA) is 89.1 Å². The monoisotopic (exact) mass is 390 g/mol. The van der Waals surface area contributed by atoms with Crippen LogP contribution in [0.5, 0.6) is 23.0 Å². The number of hydrogen-bond acceptors (Lipinski definition) is 6. The second-order valence-electron chi connectivity index (χ2n) is 6.42. The predicted molar refractivity (Wildman–Crippen MR) is 109 cm³/mol. The molecule has 0 bridgehead atoms. The van der Waals surface area contributed by atoms with Crippen molar-refractivity contribution >= 4 is 11.0 Å². The molecule has 0 atom stereocenters. The van der Waals surface area contributed by atoms with E-state index < -0.39 is 11.2 Å². The number of fused-ring (bicyclic) bond motifs is 1. The Morgan fingerprint density at radius 1 is 0.966 bits per heavy atom. The lowest BCUT2D eigenvalue weighted by atomic mass is 10.1. The highest BCUT2D eigenvalue weighted by molar-refractivity contribution is 5.89. The highest BCUT2D eigenvalue weighted by Crippen LogP contribution is 2.42. The van der Waals surface area contributed by atoms with Crippen LogP contribution in [-0.2, 0) is 6.61 Å². The van der Waals surface area contributed by atoms with Crippen LogP contribution < -0.4 is 14.9 Å². The second kappa shape index (κ2) is 7.59. The summed E-state index contributed by atoms with van der Waals surface area (Å²) in [5.41, 5.74) is 1.15. The minimum absolute atomic E-state index is 0.0489. The van der Waals surface area contributed by atoms with Gasteiger partial charge in [-0.3, -0.25) is 4.79 Å². The van der Waals surface area contributed by atoms with Crippen molar-refractivity contribution in [1.82, 2.24) is 0 Å². The number of phenols is 2. The Balaban J connectivity index is 1.70. The lowest BCUT2D eigenvalue weighted by Crippen LogP contribution is -2.03. The fraction of sp³-hybridized carbons (Fsp3) is 0.0870. The van der Waals surface area contributed by atoms with E-state index in [1.165, 1.54) is 12.1 Å². The van der Waals surface area contributed by atoms with Crippen molar-refractivity contribution in [3.8, 4) is 34.3 Å². The Kier molecular flexibility index (Phi) is 4.83. The van der Waals surface area contributed by atoms with Gasteiger partial charge in [-0.25, -0.2) is 0 Å². The summed E-state index contributed by atoms with van der Waals surface area (Å²) in [5.74, 6) is 0.0950. The fourth-order valence-corrected chi connectivity index (χ4v) is 3.04. The van der Waals surface area contributed by atoms with E-state index >= 15 is 0 Å². The van der Waals surface area contributed by atoms with E-state index in [4.69, 9.17) is 13.9 Å². The predicted octanol–water partition coefficient (Wildman–Crippen LogP) is 4.46. The first-order valence-corrected chi connectivity index (χ1v) is 8.91. The zero-order chi connectivity index (χ0) is 20.4. The number of methoxy groups -OCH3 is 1. The van der Waals surface area contributed by atoms with Gasteiger partial charge in [0.2, 0.25) is 5.75 Å². The molecule has 0 aliphatic heterocycles. The highest BCUT2D eigenvalue weighted by atomic mass is 16.5. The molecule has 0 spiro atoms. The van der Waals surface area contributed by atoms with Gasteiger partial charge in [0.15, 0.2) is 16.9 Å². The van der Waals surface area contributed by atoms with Gasteiger partial charge < -0.3 is 24.1 Å². The van der Waals surface area contributed by atoms with Crippen LogP contribution in [0.4, 0.5) is 0 Å². The molecule has 6 heteroatoms. The van der Waals surface area contributed by atoms with Gasteiger partial charge in [-0.05, 0) is 17.7 Å². The van der Waals surface area contributed by atoms with Crippen LogP contribution in [-0.4, -0.2) is 17.3 Å². The zero-order valence-electron chi connectivity index (χ0n) is 15.6. The maximum absolute atomic E-state index is 12.6. The summed E-state index contributed by atoms with van der Waals surface area (Å²) < 4.78 is 16.4. The Morgan fingerprint density at radius 3 is 2.38 bits per heavy atom. The third-order valence-corrected chi connectivity index (χ3v) is 4.53. The van der Waals surface area contributed by atoms with Gasteiger partial charge in [-0.2, -0.15) is 0 Å². The number of aromatic hydroxyl groups is 2. The van der Waals surface area contributed by atoms with Crippen molar-refractivity contribution in [2.75, 3.05) is 7.11 Å². The van der Waals surface area contributed by atoms with Crippen molar-refractivity contribution in [3.05, 3.63) is 82.5 Å². The maximum Gasteiger partial charge on any atom is 0.204 e. The van der Waals surface area contributed by atoms with E-state index in [2.05, 4.69) is 0 Å². The van der Waals surface area contributed by atoms with Gasteiger partial charge in [0.05, 0.1) is 7.11 Å². The highest BCUT2D eigenvalue weighted by Gasteiger charge is 2.19. The van der Waals surface area contributed by atoms with E-state index in [0.717, 1.165) is 5.56 Å². The van der Waals surface area contributed by atoms with Gasteiger partial charge in [-0.1, -0.05) is 42.5 Å². The number of ether oxygens (including phenoxy) is 2. The average molecular weight is 390 g/mol. The molecule has 0 aliphatic carbocycles. The van der Waals surface area contributed by atoms with Crippen LogP contribution in [0.15, 0.2) is 75.9 Å². The van der Waals surface area contributed by atoms with Crippen molar-refractivity contribution < 1.29 is 24.1 Å². The van der Waals surface area contributed by atoms with Crippen LogP contribution in [0.3, 0.4) is 0 Å². The van der Waals surface area contributed by atoms with Gasteiger partial charge in [-0.15, -0.1) is 0 Å². The van der Waals surface area contributed by atoms with E-state index in [0.29, 0.717) is 17.1 Å². The summed E-state index contributed by atoms with van der Waals surface area (Å²) in [5, 5.41) is 20.9. The summed E-state index contributed by atoms with van der Waals surface area (Å²) >= 11 is 0.